The highest BCUT2D eigenvalue weighted by molar-refractivity contribution is 8.14. The molecule has 5 nitrogen and oxygen atoms in total. The third-order valence-corrected chi connectivity index (χ3v) is 4.66. The molecule has 1 aromatic rings. The van der Waals surface area contributed by atoms with Gasteiger partial charge >= 0.3 is 6.18 Å². The fourth-order valence-corrected chi connectivity index (χ4v) is 2.84. The Balaban J connectivity index is 2.32. The molecule has 0 spiro atoms. The lowest BCUT2D eigenvalue weighted by atomic mass is 10.3. The zero-order chi connectivity index (χ0) is 15.1. The minimum Gasteiger partial charge on any atom is -0.295 e. The van der Waals surface area contributed by atoms with Crippen molar-refractivity contribution in [3.63, 3.8) is 0 Å². The van der Waals surface area contributed by atoms with E-state index in [0.29, 0.717) is 0 Å². The normalized spacial score (nSPS) is 20.5. The summed E-state index contributed by atoms with van der Waals surface area (Å²) in [6, 6.07) is 3.07. The summed E-state index contributed by atoms with van der Waals surface area (Å²) in [5.74, 6) is -0.876. The van der Waals surface area contributed by atoms with Crippen molar-refractivity contribution in [2.24, 2.45) is 0 Å². The van der Waals surface area contributed by atoms with Crippen molar-refractivity contribution < 1.29 is 26.4 Å². The summed E-state index contributed by atoms with van der Waals surface area (Å²) < 4.78 is 59.9. The Morgan fingerprint density at radius 1 is 1.35 bits per heavy atom. The van der Waals surface area contributed by atoms with E-state index in [1.807, 2.05) is 0 Å². The molecule has 1 atom stereocenters. The summed E-state index contributed by atoms with van der Waals surface area (Å²) in [6.07, 6.45) is -5.01. The molecule has 1 fully saturated rings. The highest BCUT2D eigenvalue weighted by atomic mass is 35.7. The SMILES string of the molecule is O=C1CC(S(=O)(=O)Cl)CN1c1cccc(C(F)(F)F)n1. The summed E-state index contributed by atoms with van der Waals surface area (Å²) in [5.41, 5.74) is -1.15. The lowest BCUT2D eigenvalue weighted by molar-refractivity contribution is -0.141. The van der Waals surface area contributed by atoms with Gasteiger partial charge in [-0.15, -0.1) is 0 Å². The van der Waals surface area contributed by atoms with Crippen LogP contribution < -0.4 is 4.90 Å². The number of amides is 1. The van der Waals surface area contributed by atoms with E-state index in [2.05, 4.69) is 4.98 Å². The molecule has 1 unspecified atom stereocenters. The second-order valence-corrected chi connectivity index (χ2v) is 7.09. The van der Waals surface area contributed by atoms with Crippen molar-refractivity contribution in [1.82, 2.24) is 4.98 Å². The van der Waals surface area contributed by atoms with Gasteiger partial charge in [-0.2, -0.15) is 13.2 Å². The van der Waals surface area contributed by atoms with Crippen LogP contribution in [0.15, 0.2) is 18.2 Å². The Hall–Kier alpha value is -1.35. The number of pyridine rings is 1. The summed E-state index contributed by atoms with van der Waals surface area (Å²) in [4.78, 5) is 15.9. The predicted octanol–water partition coefficient (Wildman–Crippen LogP) is 1.77. The average molecular weight is 329 g/mol. The number of anilines is 1. The van der Waals surface area contributed by atoms with E-state index in [0.717, 1.165) is 17.0 Å². The third kappa shape index (κ3) is 3.04. The number of rotatable bonds is 2. The Bertz CT molecular complexity index is 647. The zero-order valence-electron chi connectivity index (χ0n) is 9.76. The molecular weight excluding hydrogens is 321 g/mol. The predicted molar refractivity (Wildman–Crippen MR) is 64.8 cm³/mol. The molecule has 1 amide bonds. The Morgan fingerprint density at radius 3 is 2.50 bits per heavy atom. The van der Waals surface area contributed by atoms with E-state index < -0.39 is 32.1 Å². The smallest absolute Gasteiger partial charge is 0.295 e. The van der Waals surface area contributed by atoms with Gasteiger partial charge in [0.2, 0.25) is 15.0 Å². The van der Waals surface area contributed by atoms with Gasteiger partial charge in [0.25, 0.3) is 0 Å². The maximum Gasteiger partial charge on any atom is 0.433 e. The van der Waals surface area contributed by atoms with Gasteiger partial charge in [-0.1, -0.05) is 6.07 Å². The first-order valence-electron chi connectivity index (χ1n) is 5.37. The summed E-state index contributed by atoms with van der Waals surface area (Å²) >= 11 is 0. The van der Waals surface area contributed by atoms with Crippen molar-refractivity contribution in [1.29, 1.82) is 0 Å². The van der Waals surface area contributed by atoms with Crippen LogP contribution in [-0.2, 0) is 20.0 Å². The molecule has 1 aliphatic rings. The molecule has 0 bridgehead atoms. The van der Waals surface area contributed by atoms with Crippen molar-refractivity contribution in [2.45, 2.75) is 17.8 Å². The topological polar surface area (TPSA) is 67.3 Å². The van der Waals surface area contributed by atoms with Crippen LogP contribution in [0, 0.1) is 0 Å². The van der Waals surface area contributed by atoms with Crippen molar-refractivity contribution in [3.8, 4) is 0 Å². The summed E-state index contributed by atoms with van der Waals surface area (Å²) in [6.45, 7) is -0.307. The second kappa shape index (κ2) is 4.88. The van der Waals surface area contributed by atoms with Crippen LogP contribution in [0.4, 0.5) is 19.0 Å². The minimum absolute atomic E-state index is 0.243. The summed E-state index contributed by atoms with van der Waals surface area (Å²) in [7, 11) is 1.20. The van der Waals surface area contributed by atoms with Gasteiger partial charge in [0.05, 0.1) is 0 Å². The van der Waals surface area contributed by atoms with Crippen molar-refractivity contribution >= 4 is 31.5 Å². The Morgan fingerprint density at radius 2 is 2.00 bits per heavy atom. The monoisotopic (exact) mass is 328 g/mol. The molecule has 2 heterocycles. The van der Waals surface area contributed by atoms with Crippen LogP contribution in [0.25, 0.3) is 0 Å². The molecule has 10 heteroatoms. The zero-order valence-corrected chi connectivity index (χ0v) is 11.3. The molecule has 0 aromatic carbocycles. The van der Waals surface area contributed by atoms with Gasteiger partial charge in [-0.05, 0) is 12.1 Å². The molecular formula is C10H8ClF3N2O3S. The number of carbonyl (C=O) groups excluding carboxylic acids is 1. The largest absolute Gasteiger partial charge is 0.433 e. The summed E-state index contributed by atoms with van der Waals surface area (Å²) in [5, 5.41) is -1.15. The number of nitrogens with zero attached hydrogens (tertiary/aromatic N) is 2. The van der Waals surface area contributed by atoms with E-state index in [4.69, 9.17) is 10.7 Å². The van der Waals surface area contributed by atoms with Crippen LogP contribution in [0.2, 0.25) is 0 Å². The molecule has 1 aliphatic heterocycles. The number of aromatic nitrogens is 1. The molecule has 0 N–H and O–H groups in total. The van der Waals surface area contributed by atoms with E-state index in [1.54, 1.807) is 0 Å². The van der Waals surface area contributed by atoms with Gasteiger partial charge in [-0.25, -0.2) is 13.4 Å². The van der Waals surface area contributed by atoms with Gasteiger partial charge in [0.1, 0.15) is 16.8 Å². The van der Waals surface area contributed by atoms with Crippen molar-refractivity contribution in [2.75, 3.05) is 11.4 Å². The fraction of sp³-hybridized carbons (Fsp3) is 0.400. The highest BCUT2D eigenvalue weighted by Crippen LogP contribution is 2.31. The number of carbonyl (C=O) groups is 1. The molecule has 2 rings (SSSR count). The Kier molecular flexibility index (Phi) is 3.67. The lowest BCUT2D eigenvalue weighted by Gasteiger charge is -2.16. The van der Waals surface area contributed by atoms with Gasteiger partial charge in [-0.3, -0.25) is 9.69 Å². The second-order valence-electron chi connectivity index (χ2n) is 4.18. The first-order valence-corrected chi connectivity index (χ1v) is 7.74. The average Bonchev–Trinajstić information content (AvgIpc) is 2.70. The molecule has 20 heavy (non-hydrogen) atoms. The third-order valence-electron chi connectivity index (χ3n) is 2.79. The molecule has 1 aromatic heterocycles. The minimum atomic E-state index is -4.64. The fourth-order valence-electron chi connectivity index (χ4n) is 1.82. The molecule has 0 saturated carbocycles. The van der Waals surface area contributed by atoms with Gasteiger partial charge in [0, 0.05) is 23.6 Å². The van der Waals surface area contributed by atoms with Gasteiger partial charge in [0.15, 0.2) is 0 Å². The molecule has 1 saturated heterocycles. The van der Waals surface area contributed by atoms with E-state index in [9.17, 15) is 26.4 Å². The number of alkyl halides is 3. The van der Waals surface area contributed by atoms with Crippen molar-refractivity contribution in [3.05, 3.63) is 23.9 Å². The van der Waals surface area contributed by atoms with Crippen LogP contribution in [0.1, 0.15) is 12.1 Å². The van der Waals surface area contributed by atoms with E-state index in [1.165, 1.54) is 6.07 Å². The number of hydrogen-bond donors (Lipinski definition) is 0. The maximum absolute atomic E-state index is 12.5. The lowest BCUT2D eigenvalue weighted by Crippen LogP contribution is -2.28. The standard InChI is InChI=1S/C10H8ClF3N2O3S/c11-20(18,19)6-4-9(17)16(5-6)8-3-1-2-7(15-8)10(12,13)14/h1-3,6H,4-5H2. The number of halogens is 4. The van der Waals surface area contributed by atoms with Crippen LogP contribution in [0.3, 0.4) is 0 Å². The molecule has 0 radical (unpaired) electrons. The number of hydrogen-bond acceptors (Lipinski definition) is 4. The van der Waals surface area contributed by atoms with Crippen LogP contribution in [0.5, 0.6) is 0 Å². The molecule has 110 valence electrons. The quantitative estimate of drug-likeness (QED) is 0.776. The van der Waals surface area contributed by atoms with Crippen LogP contribution >= 0.6 is 10.7 Å². The molecule has 0 aliphatic carbocycles. The first kappa shape index (κ1) is 15.0. The Labute approximate surface area is 116 Å². The van der Waals surface area contributed by atoms with E-state index >= 15 is 0 Å². The maximum atomic E-state index is 12.5. The van der Waals surface area contributed by atoms with Gasteiger partial charge < -0.3 is 0 Å². The van der Waals surface area contributed by atoms with Crippen LogP contribution in [-0.4, -0.2) is 31.1 Å². The van der Waals surface area contributed by atoms with E-state index in [-0.39, 0.29) is 18.8 Å². The first-order chi connectivity index (χ1) is 9.09. The highest BCUT2D eigenvalue weighted by Gasteiger charge is 2.39.